The lowest BCUT2D eigenvalue weighted by Crippen LogP contribution is -2.42. The second-order valence-electron chi connectivity index (χ2n) is 3.26. The number of nitrogens with zero attached hydrogens (tertiary/aromatic N) is 3. The molecule has 88 valence electrons. The van der Waals surface area contributed by atoms with Crippen LogP contribution in [0.4, 0.5) is 5.82 Å². The van der Waals surface area contributed by atoms with Crippen molar-refractivity contribution in [3.05, 3.63) is 26.4 Å². The molecule has 0 aliphatic rings. The van der Waals surface area contributed by atoms with Crippen molar-refractivity contribution >= 4 is 12.0 Å². The van der Waals surface area contributed by atoms with Gasteiger partial charge in [-0.05, 0) is 13.8 Å². The van der Waals surface area contributed by atoms with Crippen LogP contribution in [0.5, 0.6) is 0 Å². The summed E-state index contributed by atoms with van der Waals surface area (Å²) in [7, 11) is 1.55. The Morgan fingerprint density at radius 1 is 1.25 bits per heavy atom. The minimum atomic E-state index is -0.389. The van der Waals surface area contributed by atoms with E-state index in [0.29, 0.717) is 13.1 Å². The molecule has 2 N–H and O–H groups in total. The molecule has 0 aliphatic heterocycles. The number of rotatable bonds is 3. The highest BCUT2D eigenvalue weighted by atomic mass is 16.2. The average molecular weight is 224 g/mol. The van der Waals surface area contributed by atoms with Gasteiger partial charge in [0.05, 0.1) is 5.56 Å². The molecule has 1 rings (SSSR count). The summed E-state index contributed by atoms with van der Waals surface area (Å²) in [5.74, 6) is 0.174. The molecule has 0 amide bonds. The molecule has 0 bridgehead atoms. The van der Waals surface area contributed by atoms with Crippen LogP contribution in [0, 0.1) is 0 Å². The van der Waals surface area contributed by atoms with E-state index < -0.39 is 0 Å². The summed E-state index contributed by atoms with van der Waals surface area (Å²) in [6, 6.07) is 0. The van der Waals surface area contributed by atoms with Crippen LogP contribution < -0.4 is 17.0 Å². The Morgan fingerprint density at radius 3 is 2.25 bits per heavy atom. The summed E-state index contributed by atoms with van der Waals surface area (Å²) in [5.41, 5.74) is 5.27. The zero-order valence-corrected chi connectivity index (χ0v) is 9.73. The van der Waals surface area contributed by atoms with Gasteiger partial charge in [-0.2, -0.15) is 0 Å². The van der Waals surface area contributed by atoms with Crippen LogP contribution in [0.15, 0.2) is 14.6 Å². The summed E-state index contributed by atoms with van der Waals surface area (Å²) >= 11 is 0. The Balaban J connectivity index is 3.77. The van der Waals surface area contributed by atoms with Crippen LogP contribution in [0.25, 0.3) is 0 Å². The molecular formula is C10H16N4O2. The fourth-order valence-corrected chi connectivity index (χ4v) is 1.57. The normalized spacial score (nSPS) is 11.2. The first-order valence-electron chi connectivity index (χ1n) is 5.13. The van der Waals surface area contributed by atoms with Crippen molar-refractivity contribution in [1.82, 2.24) is 9.13 Å². The molecule has 6 heteroatoms. The highest BCUT2D eigenvalue weighted by molar-refractivity contribution is 5.84. The van der Waals surface area contributed by atoms with Gasteiger partial charge < -0.3 is 5.73 Å². The Morgan fingerprint density at radius 2 is 1.81 bits per heavy atom. The summed E-state index contributed by atoms with van der Waals surface area (Å²) in [6.45, 7) is 4.29. The molecule has 0 aliphatic carbocycles. The molecule has 1 aromatic heterocycles. The first-order chi connectivity index (χ1) is 7.58. The predicted octanol–water partition coefficient (Wildman–Crippen LogP) is -0.319. The third-order valence-corrected chi connectivity index (χ3v) is 2.39. The van der Waals surface area contributed by atoms with Crippen LogP contribution in [0.1, 0.15) is 19.4 Å². The second-order valence-corrected chi connectivity index (χ2v) is 3.26. The van der Waals surface area contributed by atoms with Crippen molar-refractivity contribution < 1.29 is 0 Å². The molecule has 0 spiro atoms. The number of anilines is 1. The predicted molar refractivity (Wildman–Crippen MR) is 64.2 cm³/mol. The zero-order valence-electron chi connectivity index (χ0n) is 9.73. The van der Waals surface area contributed by atoms with E-state index >= 15 is 0 Å². The van der Waals surface area contributed by atoms with Gasteiger partial charge in [-0.25, -0.2) is 4.79 Å². The molecule has 0 atom stereocenters. The number of hydrogen-bond acceptors (Lipinski definition) is 4. The quantitative estimate of drug-likeness (QED) is 0.714. The van der Waals surface area contributed by atoms with Gasteiger partial charge in [-0.3, -0.25) is 18.9 Å². The number of hydrogen-bond donors (Lipinski definition) is 1. The Bertz CT molecular complexity index is 525. The largest absolute Gasteiger partial charge is 0.384 e. The molecule has 1 heterocycles. The summed E-state index contributed by atoms with van der Waals surface area (Å²) < 4.78 is 2.51. The molecule has 1 aromatic rings. The topological polar surface area (TPSA) is 82.4 Å². The van der Waals surface area contributed by atoms with Crippen LogP contribution in [-0.4, -0.2) is 22.4 Å². The lowest BCUT2D eigenvalue weighted by molar-refractivity contribution is 0.593. The van der Waals surface area contributed by atoms with Crippen LogP contribution in [-0.2, 0) is 13.1 Å². The second kappa shape index (κ2) is 4.78. The van der Waals surface area contributed by atoms with E-state index in [1.54, 1.807) is 20.9 Å². The van der Waals surface area contributed by atoms with Gasteiger partial charge in [0.15, 0.2) is 0 Å². The minimum Gasteiger partial charge on any atom is -0.384 e. The molecule has 16 heavy (non-hydrogen) atoms. The molecule has 0 saturated heterocycles. The molecule has 0 aromatic carbocycles. The Hall–Kier alpha value is -1.85. The maximum absolute atomic E-state index is 11.9. The van der Waals surface area contributed by atoms with Crippen molar-refractivity contribution in [2.45, 2.75) is 26.9 Å². The van der Waals surface area contributed by atoms with E-state index in [2.05, 4.69) is 4.99 Å². The highest BCUT2D eigenvalue weighted by Gasteiger charge is 2.13. The standard InChI is InChI=1S/C10H16N4O2/c1-4-13-8(11)7(6-12-3)9(15)14(5-2)10(13)16/h6H,4-5,11H2,1-3H3. The number of nitrogen functional groups attached to an aromatic ring is 1. The molecule has 0 unspecified atom stereocenters. The van der Waals surface area contributed by atoms with Gasteiger partial charge in [-0.1, -0.05) is 0 Å². The van der Waals surface area contributed by atoms with Gasteiger partial charge in [0.25, 0.3) is 5.56 Å². The fourth-order valence-electron chi connectivity index (χ4n) is 1.57. The van der Waals surface area contributed by atoms with Crippen LogP contribution in [0.3, 0.4) is 0 Å². The van der Waals surface area contributed by atoms with Crippen LogP contribution in [0.2, 0.25) is 0 Å². The van der Waals surface area contributed by atoms with Gasteiger partial charge in [0, 0.05) is 26.4 Å². The van der Waals surface area contributed by atoms with E-state index in [-0.39, 0.29) is 22.6 Å². The highest BCUT2D eigenvalue weighted by Crippen LogP contribution is 2.01. The lowest BCUT2D eigenvalue weighted by atomic mass is 10.3. The number of aromatic nitrogens is 2. The first kappa shape index (κ1) is 12.2. The zero-order chi connectivity index (χ0) is 12.3. The first-order valence-corrected chi connectivity index (χ1v) is 5.13. The monoisotopic (exact) mass is 224 g/mol. The van der Waals surface area contributed by atoms with E-state index in [4.69, 9.17) is 5.73 Å². The third-order valence-electron chi connectivity index (χ3n) is 2.39. The van der Waals surface area contributed by atoms with Gasteiger partial charge in [0.2, 0.25) is 0 Å². The molecule has 0 fully saturated rings. The van der Waals surface area contributed by atoms with E-state index in [1.807, 2.05) is 0 Å². The average Bonchev–Trinajstić information content (AvgIpc) is 2.26. The van der Waals surface area contributed by atoms with E-state index in [1.165, 1.54) is 10.8 Å². The van der Waals surface area contributed by atoms with E-state index in [0.717, 1.165) is 4.57 Å². The summed E-state index contributed by atoms with van der Waals surface area (Å²) in [6.07, 6.45) is 1.38. The van der Waals surface area contributed by atoms with Gasteiger partial charge in [-0.15, -0.1) is 0 Å². The molecule has 6 nitrogen and oxygen atoms in total. The van der Waals surface area contributed by atoms with Crippen molar-refractivity contribution in [2.75, 3.05) is 12.8 Å². The van der Waals surface area contributed by atoms with Gasteiger partial charge in [0.1, 0.15) is 5.82 Å². The third kappa shape index (κ3) is 1.78. The summed E-state index contributed by atoms with van der Waals surface area (Å²) in [5, 5.41) is 0. The fraction of sp³-hybridized carbons (Fsp3) is 0.500. The Kier molecular flexibility index (Phi) is 3.65. The van der Waals surface area contributed by atoms with E-state index in [9.17, 15) is 9.59 Å². The SMILES string of the molecule is CCn1c(N)c(C=NC)c(=O)n(CC)c1=O. The minimum absolute atomic E-state index is 0.174. The number of aliphatic imine (C=N–C) groups is 1. The lowest BCUT2D eigenvalue weighted by Gasteiger charge is -2.12. The summed E-state index contributed by atoms with van der Waals surface area (Å²) in [4.78, 5) is 27.5. The molecule has 0 radical (unpaired) electrons. The number of nitrogens with two attached hydrogens (primary N) is 1. The van der Waals surface area contributed by atoms with Gasteiger partial charge >= 0.3 is 5.69 Å². The Labute approximate surface area is 93.0 Å². The van der Waals surface area contributed by atoms with Crippen molar-refractivity contribution in [1.29, 1.82) is 0 Å². The smallest absolute Gasteiger partial charge is 0.332 e. The van der Waals surface area contributed by atoms with Crippen LogP contribution >= 0.6 is 0 Å². The van der Waals surface area contributed by atoms with Crippen molar-refractivity contribution in [3.8, 4) is 0 Å². The maximum atomic E-state index is 11.9. The maximum Gasteiger partial charge on any atom is 0.332 e. The van der Waals surface area contributed by atoms with Crippen molar-refractivity contribution in [3.63, 3.8) is 0 Å². The molecule has 0 saturated carbocycles. The van der Waals surface area contributed by atoms with Crippen molar-refractivity contribution in [2.24, 2.45) is 4.99 Å². The molecular weight excluding hydrogens is 208 g/mol.